The van der Waals surface area contributed by atoms with Crippen LogP contribution >= 0.6 is 0 Å². The van der Waals surface area contributed by atoms with E-state index in [-0.39, 0.29) is 4.90 Å². The van der Waals surface area contributed by atoms with Gasteiger partial charge in [-0.05, 0) is 31.0 Å². The summed E-state index contributed by atoms with van der Waals surface area (Å²) in [7, 11) is -3.46. The molecule has 4 N–H and O–H groups in total. The molecule has 120 valence electrons. The highest BCUT2D eigenvalue weighted by Crippen LogP contribution is 2.22. The average molecular weight is 315 g/mol. The van der Waals surface area contributed by atoms with Gasteiger partial charge in [0.15, 0.2) is 0 Å². The van der Waals surface area contributed by atoms with Gasteiger partial charge in [0.1, 0.15) is 0 Å². The summed E-state index contributed by atoms with van der Waals surface area (Å²) < 4.78 is 31.7. The molecule has 0 unspecified atom stereocenters. The second-order valence-corrected chi connectivity index (χ2v) is 6.41. The quantitative estimate of drug-likeness (QED) is 0.452. The summed E-state index contributed by atoms with van der Waals surface area (Å²) in [5.74, 6) is 0. The fourth-order valence-electron chi connectivity index (χ4n) is 1.77. The number of anilines is 2. The molecule has 1 aromatic carbocycles. The van der Waals surface area contributed by atoms with E-state index in [2.05, 4.69) is 17.0 Å². The molecule has 6 nitrogen and oxygen atoms in total. The number of ether oxygens (including phenoxy) is 1. The fraction of sp³-hybridized carbons (Fsp3) is 0.571. The van der Waals surface area contributed by atoms with Crippen molar-refractivity contribution in [3.8, 4) is 0 Å². The molecule has 21 heavy (non-hydrogen) atoms. The van der Waals surface area contributed by atoms with Crippen molar-refractivity contribution in [3.05, 3.63) is 18.2 Å². The Morgan fingerprint density at radius 2 is 2.00 bits per heavy atom. The number of benzene rings is 1. The van der Waals surface area contributed by atoms with Gasteiger partial charge in [-0.1, -0.05) is 13.8 Å². The summed E-state index contributed by atoms with van der Waals surface area (Å²) in [4.78, 5) is 0.211. The molecule has 0 aromatic heterocycles. The van der Waals surface area contributed by atoms with Gasteiger partial charge < -0.3 is 15.8 Å². The Labute approximate surface area is 127 Å². The zero-order chi connectivity index (χ0) is 15.7. The van der Waals surface area contributed by atoms with Crippen molar-refractivity contribution in [2.45, 2.75) is 31.6 Å². The van der Waals surface area contributed by atoms with E-state index in [9.17, 15) is 8.42 Å². The van der Waals surface area contributed by atoms with Crippen LogP contribution in [0.25, 0.3) is 0 Å². The van der Waals surface area contributed by atoms with E-state index >= 15 is 0 Å². The largest absolute Gasteiger partial charge is 0.397 e. The molecule has 7 heteroatoms. The minimum atomic E-state index is -3.46. The topological polar surface area (TPSA) is 93.4 Å². The number of hydrogen-bond acceptors (Lipinski definition) is 5. The predicted molar refractivity (Wildman–Crippen MR) is 85.9 cm³/mol. The molecule has 0 bridgehead atoms. The first kappa shape index (κ1) is 17.7. The van der Waals surface area contributed by atoms with Gasteiger partial charge in [-0.25, -0.2) is 13.1 Å². The number of sulfonamides is 1. The molecule has 0 amide bonds. The molecule has 0 aliphatic rings. The van der Waals surface area contributed by atoms with Gasteiger partial charge in [0.25, 0.3) is 0 Å². The normalized spacial score (nSPS) is 11.5. The number of hydrogen-bond donors (Lipinski definition) is 3. The summed E-state index contributed by atoms with van der Waals surface area (Å²) in [6.45, 7) is 6.27. The first-order valence-electron chi connectivity index (χ1n) is 7.22. The van der Waals surface area contributed by atoms with Gasteiger partial charge in [-0.3, -0.25) is 0 Å². The van der Waals surface area contributed by atoms with Crippen molar-refractivity contribution < 1.29 is 13.2 Å². The maximum Gasteiger partial charge on any atom is 0.240 e. The van der Waals surface area contributed by atoms with Crippen LogP contribution in [0.4, 0.5) is 11.4 Å². The van der Waals surface area contributed by atoms with Gasteiger partial charge in [0, 0.05) is 26.3 Å². The van der Waals surface area contributed by atoms with Crippen molar-refractivity contribution in [2.75, 3.05) is 37.4 Å². The van der Waals surface area contributed by atoms with Crippen LogP contribution in [0.2, 0.25) is 0 Å². The monoisotopic (exact) mass is 315 g/mol. The van der Waals surface area contributed by atoms with Gasteiger partial charge in [0.2, 0.25) is 10.0 Å². The van der Waals surface area contributed by atoms with Crippen molar-refractivity contribution in [1.29, 1.82) is 0 Å². The highest BCUT2D eigenvalue weighted by Gasteiger charge is 2.14. The highest BCUT2D eigenvalue weighted by atomic mass is 32.2. The molecule has 0 saturated heterocycles. The van der Waals surface area contributed by atoms with E-state index in [1.54, 1.807) is 19.1 Å². The molecule has 0 spiro atoms. The Hall–Kier alpha value is -1.31. The first-order chi connectivity index (χ1) is 10.0. The summed E-state index contributed by atoms with van der Waals surface area (Å²) in [6.07, 6.45) is 1.84. The first-order valence-corrected chi connectivity index (χ1v) is 8.70. The van der Waals surface area contributed by atoms with Crippen LogP contribution in [0.3, 0.4) is 0 Å². The molecule has 0 aliphatic heterocycles. The number of nitrogens with two attached hydrogens (primary N) is 1. The van der Waals surface area contributed by atoms with Crippen LogP contribution in [0, 0.1) is 0 Å². The lowest BCUT2D eigenvalue weighted by molar-refractivity contribution is 0.134. The zero-order valence-corrected chi connectivity index (χ0v) is 13.5. The van der Waals surface area contributed by atoms with E-state index in [1.165, 1.54) is 6.07 Å². The average Bonchev–Trinajstić information content (AvgIpc) is 2.44. The molecule has 0 radical (unpaired) electrons. The lowest BCUT2D eigenvalue weighted by atomic mass is 10.2. The van der Waals surface area contributed by atoms with Gasteiger partial charge in [-0.15, -0.1) is 0 Å². The van der Waals surface area contributed by atoms with Crippen LogP contribution in [-0.2, 0) is 14.8 Å². The van der Waals surface area contributed by atoms with Crippen LogP contribution in [-0.4, -0.2) is 34.7 Å². The van der Waals surface area contributed by atoms with Crippen molar-refractivity contribution in [3.63, 3.8) is 0 Å². The third-order valence-corrected chi connectivity index (χ3v) is 4.34. The number of nitrogens with one attached hydrogen (secondary N) is 2. The molecule has 0 heterocycles. The van der Waals surface area contributed by atoms with Crippen molar-refractivity contribution in [1.82, 2.24) is 4.72 Å². The lowest BCUT2D eigenvalue weighted by Crippen LogP contribution is -2.23. The van der Waals surface area contributed by atoms with Crippen LogP contribution in [0.1, 0.15) is 26.7 Å². The number of nitrogen functional groups attached to an aromatic ring is 1. The standard InChI is InChI=1S/C14H25N3O3S/c1-3-9-20-10-5-8-16-14-11-12(6-7-13(14)15)21(18,19)17-4-2/h6-7,11,16-17H,3-5,8-10,15H2,1-2H3. The van der Waals surface area contributed by atoms with Gasteiger partial charge >= 0.3 is 0 Å². The Morgan fingerprint density at radius 1 is 1.24 bits per heavy atom. The summed E-state index contributed by atoms with van der Waals surface area (Å²) in [6, 6.07) is 4.66. The van der Waals surface area contributed by atoms with Crippen LogP contribution in [0.15, 0.2) is 23.1 Å². The fourth-order valence-corrected chi connectivity index (χ4v) is 2.84. The van der Waals surface area contributed by atoms with E-state index in [1.807, 2.05) is 0 Å². The van der Waals surface area contributed by atoms with Gasteiger partial charge in [-0.2, -0.15) is 0 Å². The Bertz CT molecular complexity index is 532. The van der Waals surface area contributed by atoms with Crippen LogP contribution < -0.4 is 15.8 Å². The van der Waals surface area contributed by atoms with Crippen molar-refractivity contribution in [2.24, 2.45) is 0 Å². The second kappa shape index (κ2) is 8.86. The number of rotatable bonds is 10. The van der Waals surface area contributed by atoms with E-state index in [4.69, 9.17) is 10.5 Å². The minimum Gasteiger partial charge on any atom is -0.397 e. The summed E-state index contributed by atoms with van der Waals surface area (Å²) >= 11 is 0. The molecular formula is C14H25N3O3S. The van der Waals surface area contributed by atoms with E-state index < -0.39 is 10.0 Å². The highest BCUT2D eigenvalue weighted by molar-refractivity contribution is 7.89. The molecule has 0 atom stereocenters. The Morgan fingerprint density at radius 3 is 2.67 bits per heavy atom. The van der Waals surface area contributed by atoms with Crippen molar-refractivity contribution >= 4 is 21.4 Å². The predicted octanol–water partition coefficient (Wildman–Crippen LogP) is 1.80. The third-order valence-electron chi connectivity index (χ3n) is 2.80. The molecular weight excluding hydrogens is 290 g/mol. The SMILES string of the molecule is CCCOCCCNc1cc(S(=O)(=O)NCC)ccc1N. The lowest BCUT2D eigenvalue weighted by Gasteiger charge is -2.12. The van der Waals surface area contributed by atoms with E-state index in [0.29, 0.717) is 31.1 Å². The molecule has 0 saturated carbocycles. The summed E-state index contributed by atoms with van der Waals surface area (Å²) in [5, 5.41) is 3.15. The minimum absolute atomic E-state index is 0.211. The molecule has 1 aromatic rings. The molecule has 1 rings (SSSR count). The maximum absolute atomic E-state index is 11.9. The molecule has 0 aliphatic carbocycles. The smallest absolute Gasteiger partial charge is 0.240 e. The van der Waals surface area contributed by atoms with Crippen LogP contribution in [0.5, 0.6) is 0 Å². The van der Waals surface area contributed by atoms with Gasteiger partial charge in [0.05, 0.1) is 16.3 Å². The maximum atomic E-state index is 11.9. The zero-order valence-electron chi connectivity index (χ0n) is 12.7. The summed E-state index contributed by atoms with van der Waals surface area (Å²) in [5.41, 5.74) is 7.02. The second-order valence-electron chi connectivity index (χ2n) is 4.64. The molecule has 0 fully saturated rings. The Balaban J connectivity index is 2.62. The van der Waals surface area contributed by atoms with E-state index in [0.717, 1.165) is 19.4 Å². The Kier molecular flexibility index (Phi) is 7.49. The third kappa shape index (κ3) is 5.91.